The molecule has 4 bridgehead atoms. The number of piperidine rings is 1. The van der Waals surface area contributed by atoms with E-state index in [1.807, 2.05) is 7.11 Å². The number of fused-ring (bicyclic) bond motifs is 1. The number of methoxy groups -OCH3 is 2. The van der Waals surface area contributed by atoms with Crippen molar-refractivity contribution in [3.05, 3.63) is 35.4 Å². The molecular weight excluding hydrogens is 432 g/mol. The van der Waals surface area contributed by atoms with E-state index in [4.69, 9.17) is 26.4 Å². The number of thiocarbonyl (C=S) groups is 1. The van der Waals surface area contributed by atoms with E-state index < -0.39 is 5.60 Å². The summed E-state index contributed by atoms with van der Waals surface area (Å²) in [5.74, 6) is 2.86. The Morgan fingerprint density at radius 3 is 2.88 bits per heavy atom. The Balaban J connectivity index is 1.49. The molecule has 5 nitrogen and oxygen atoms in total. The standard InChI is InChI=1S/C27H32N2O3S/c1-16(28-15-33)19-13-25-8-9-27(19,31-3)24-26(25)10-11-29(14-17-4-5-17)21(25)12-18-6-7-20(30-2)23(32-24)22(18)26/h6-9,16-17,19,21,24H,4-5,10-14H2,1-3H3/t16-,19?,21?,24-,25-,26?,27-/m1/s1. The topological polar surface area (TPSA) is 43.3 Å². The second kappa shape index (κ2) is 6.69. The smallest absolute Gasteiger partial charge is 0.166 e. The average molecular weight is 465 g/mol. The van der Waals surface area contributed by atoms with Crippen molar-refractivity contribution in [3.8, 4) is 11.5 Å². The SMILES string of the molecule is COc1ccc2c3c1O[C@@H]1C34CCN(CC3CC3)C(C2)[C@]42C=C[C@@]1(OC)C([C@@H](C)N=C=S)C2. The Hall–Kier alpha value is -1.72. The number of nitrogens with zero attached hydrogens (tertiary/aromatic N) is 2. The second-order valence-electron chi connectivity index (χ2n) is 11.2. The summed E-state index contributed by atoms with van der Waals surface area (Å²) >= 11 is 5.03. The fourth-order valence-electron chi connectivity index (χ4n) is 8.70. The number of isothiocyanates is 1. The van der Waals surface area contributed by atoms with Crippen LogP contribution in [0.25, 0.3) is 0 Å². The highest BCUT2D eigenvalue weighted by Crippen LogP contribution is 2.75. The van der Waals surface area contributed by atoms with Gasteiger partial charge < -0.3 is 14.2 Å². The lowest BCUT2D eigenvalue weighted by molar-refractivity contribution is -0.218. The zero-order valence-electron chi connectivity index (χ0n) is 19.7. The molecule has 0 amide bonds. The van der Waals surface area contributed by atoms with Crippen molar-refractivity contribution < 1.29 is 14.2 Å². The molecule has 7 atom stereocenters. The van der Waals surface area contributed by atoms with Crippen LogP contribution in [0.4, 0.5) is 0 Å². The number of rotatable bonds is 6. The lowest BCUT2D eigenvalue weighted by atomic mass is 9.36. The van der Waals surface area contributed by atoms with Gasteiger partial charge in [-0.15, -0.1) is 0 Å². The molecule has 3 fully saturated rings. The number of hydrogen-bond donors (Lipinski definition) is 0. The summed E-state index contributed by atoms with van der Waals surface area (Å²) in [5.41, 5.74) is 2.23. The molecule has 1 saturated heterocycles. The maximum Gasteiger partial charge on any atom is 0.166 e. The average Bonchev–Trinajstić information content (AvgIpc) is 3.57. The minimum absolute atomic E-state index is 0.00556. The molecule has 2 heterocycles. The minimum Gasteiger partial charge on any atom is -0.493 e. The monoisotopic (exact) mass is 464 g/mol. The van der Waals surface area contributed by atoms with E-state index in [2.05, 4.69) is 46.3 Å². The van der Waals surface area contributed by atoms with Crippen LogP contribution >= 0.6 is 12.2 Å². The summed E-state index contributed by atoms with van der Waals surface area (Å²) in [6.45, 7) is 4.52. The summed E-state index contributed by atoms with van der Waals surface area (Å²) < 4.78 is 19.3. The second-order valence-corrected chi connectivity index (χ2v) is 11.4. The molecule has 2 spiro atoms. The minimum atomic E-state index is -0.543. The van der Waals surface area contributed by atoms with Gasteiger partial charge in [0.05, 0.1) is 23.7 Å². The summed E-state index contributed by atoms with van der Waals surface area (Å²) in [5, 5.41) is 2.65. The molecule has 33 heavy (non-hydrogen) atoms. The first kappa shape index (κ1) is 20.6. The quantitative estimate of drug-likeness (QED) is 0.359. The highest BCUT2D eigenvalue weighted by atomic mass is 32.1. The molecule has 7 aliphatic rings. The Kier molecular flexibility index (Phi) is 4.19. The highest BCUT2D eigenvalue weighted by molar-refractivity contribution is 7.78. The first-order valence-corrected chi connectivity index (χ1v) is 12.9. The summed E-state index contributed by atoms with van der Waals surface area (Å²) in [7, 11) is 3.59. The van der Waals surface area contributed by atoms with Crippen LogP contribution in [0.1, 0.15) is 43.7 Å². The Labute approximate surface area is 201 Å². The zero-order valence-corrected chi connectivity index (χ0v) is 20.5. The van der Waals surface area contributed by atoms with Gasteiger partial charge in [0.2, 0.25) is 0 Å². The fourth-order valence-corrected chi connectivity index (χ4v) is 8.87. The molecule has 8 rings (SSSR count). The van der Waals surface area contributed by atoms with Gasteiger partial charge in [0.25, 0.3) is 0 Å². The van der Waals surface area contributed by atoms with Gasteiger partial charge in [-0.25, -0.2) is 4.99 Å². The van der Waals surface area contributed by atoms with E-state index in [-0.39, 0.29) is 28.9 Å². The van der Waals surface area contributed by atoms with E-state index in [1.165, 1.54) is 30.5 Å². The lowest BCUT2D eigenvalue weighted by Crippen LogP contribution is -2.80. The van der Waals surface area contributed by atoms with Gasteiger partial charge in [0.15, 0.2) is 11.5 Å². The van der Waals surface area contributed by atoms with Crippen molar-refractivity contribution in [3.63, 3.8) is 0 Å². The van der Waals surface area contributed by atoms with Crippen molar-refractivity contribution in [2.45, 2.75) is 68.2 Å². The van der Waals surface area contributed by atoms with Gasteiger partial charge in [0, 0.05) is 36.6 Å². The third kappa shape index (κ3) is 2.27. The first-order valence-electron chi connectivity index (χ1n) is 12.5. The van der Waals surface area contributed by atoms with E-state index in [1.54, 1.807) is 7.11 Å². The molecule has 3 unspecified atom stereocenters. The molecule has 1 aromatic rings. The van der Waals surface area contributed by atoms with Gasteiger partial charge in [0.1, 0.15) is 11.7 Å². The van der Waals surface area contributed by atoms with E-state index in [0.717, 1.165) is 43.2 Å². The van der Waals surface area contributed by atoms with Crippen molar-refractivity contribution in [2.24, 2.45) is 22.2 Å². The number of hydrogen-bond acceptors (Lipinski definition) is 6. The number of ether oxygens (including phenoxy) is 3. The van der Waals surface area contributed by atoms with Crippen LogP contribution < -0.4 is 9.47 Å². The van der Waals surface area contributed by atoms with Gasteiger partial charge in [-0.1, -0.05) is 18.2 Å². The maximum atomic E-state index is 7.00. The van der Waals surface area contributed by atoms with Crippen molar-refractivity contribution in [1.29, 1.82) is 0 Å². The van der Waals surface area contributed by atoms with E-state index >= 15 is 0 Å². The maximum absolute atomic E-state index is 7.00. The van der Waals surface area contributed by atoms with Crippen molar-refractivity contribution >= 4 is 17.4 Å². The number of benzene rings is 1. The van der Waals surface area contributed by atoms with Crippen LogP contribution in [0.3, 0.4) is 0 Å². The predicted octanol–water partition coefficient (Wildman–Crippen LogP) is 4.19. The van der Waals surface area contributed by atoms with Crippen LogP contribution in [-0.4, -0.2) is 61.2 Å². The molecule has 0 radical (unpaired) electrons. The molecule has 5 aliphatic carbocycles. The van der Waals surface area contributed by atoms with Crippen LogP contribution in [0, 0.1) is 17.3 Å². The van der Waals surface area contributed by atoms with Gasteiger partial charge >= 0.3 is 0 Å². The fraction of sp³-hybridized carbons (Fsp3) is 0.667. The van der Waals surface area contributed by atoms with Crippen molar-refractivity contribution in [1.82, 2.24) is 4.90 Å². The molecule has 2 saturated carbocycles. The van der Waals surface area contributed by atoms with Crippen LogP contribution in [-0.2, 0) is 16.6 Å². The summed E-state index contributed by atoms with van der Waals surface area (Å²) in [4.78, 5) is 7.39. The van der Waals surface area contributed by atoms with Crippen LogP contribution in [0.15, 0.2) is 29.3 Å². The normalized spacial score (nSPS) is 42.3. The van der Waals surface area contributed by atoms with Gasteiger partial charge in [-0.05, 0) is 75.3 Å². The molecule has 1 aromatic carbocycles. The van der Waals surface area contributed by atoms with Crippen LogP contribution in [0.2, 0.25) is 0 Å². The van der Waals surface area contributed by atoms with Crippen molar-refractivity contribution in [2.75, 3.05) is 27.3 Å². The van der Waals surface area contributed by atoms with Gasteiger partial charge in [-0.3, -0.25) is 4.90 Å². The Morgan fingerprint density at radius 2 is 2.15 bits per heavy atom. The predicted molar refractivity (Wildman–Crippen MR) is 129 cm³/mol. The first-order chi connectivity index (χ1) is 16.0. The highest BCUT2D eigenvalue weighted by Gasteiger charge is 2.79. The van der Waals surface area contributed by atoms with E-state index in [9.17, 15) is 0 Å². The largest absolute Gasteiger partial charge is 0.493 e. The molecular formula is C27H32N2O3S. The summed E-state index contributed by atoms with van der Waals surface area (Å²) in [6, 6.07) is 4.90. The number of likely N-dealkylation sites (tertiary alicyclic amines) is 1. The Bertz CT molecular complexity index is 1110. The third-order valence-electron chi connectivity index (χ3n) is 10.2. The third-order valence-corrected chi connectivity index (χ3v) is 10.3. The van der Waals surface area contributed by atoms with Gasteiger partial charge in [-0.2, -0.15) is 0 Å². The van der Waals surface area contributed by atoms with Crippen LogP contribution in [0.5, 0.6) is 11.5 Å². The lowest BCUT2D eigenvalue weighted by Gasteiger charge is -2.71. The molecule has 2 aliphatic heterocycles. The molecule has 0 aromatic heterocycles. The number of aliphatic imine (C=N–C) groups is 1. The van der Waals surface area contributed by atoms with E-state index in [0.29, 0.717) is 6.04 Å². The summed E-state index contributed by atoms with van der Waals surface area (Å²) in [6.07, 6.45) is 10.8. The molecule has 0 N–H and O–H groups in total. The molecule has 174 valence electrons. The zero-order chi connectivity index (χ0) is 22.6. The molecule has 6 heteroatoms. The Morgan fingerprint density at radius 1 is 1.30 bits per heavy atom.